The molecule has 2 aliphatic rings. The van der Waals surface area contributed by atoms with E-state index in [0.717, 1.165) is 12.0 Å². The predicted molar refractivity (Wildman–Crippen MR) is 121 cm³/mol. The van der Waals surface area contributed by atoms with Gasteiger partial charge in [-0.05, 0) is 37.8 Å². The molecule has 10 heteroatoms. The molecule has 2 amide bonds. The lowest BCUT2D eigenvalue weighted by molar-refractivity contribution is -0.136. The highest BCUT2D eigenvalue weighted by atomic mass is 32.2. The number of hydrogen-bond donors (Lipinski definition) is 0. The molecule has 0 bridgehead atoms. The molecule has 3 heterocycles. The monoisotopic (exact) mass is 474 g/mol. The highest BCUT2D eigenvalue weighted by Crippen LogP contribution is 2.33. The predicted octanol–water partition coefficient (Wildman–Crippen LogP) is 2.05. The summed E-state index contributed by atoms with van der Waals surface area (Å²) in [6, 6.07) is 7.65. The topological polar surface area (TPSA) is 104 Å². The van der Waals surface area contributed by atoms with Crippen LogP contribution in [0, 0.1) is 13.8 Å². The van der Waals surface area contributed by atoms with Crippen LogP contribution in [0.4, 0.5) is 0 Å². The van der Waals surface area contributed by atoms with Crippen LogP contribution in [-0.4, -0.2) is 72.2 Å². The third-order valence-electron chi connectivity index (χ3n) is 6.56. The zero-order chi connectivity index (χ0) is 23.8. The zero-order valence-corrected chi connectivity index (χ0v) is 20.1. The number of benzene rings is 1. The molecular weight excluding hydrogens is 444 g/mol. The summed E-state index contributed by atoms with van der Waals surface area (Å²) in [7, 11) is -3.75. The second-order valence-electron chi connectivity index (χ2n) is 8.67. The lowest BCUT2D eigenvalue weighted by Crippen LogP contribution is -2.43. The van der Waals surface area contributed by atoms with Gasteiger partial charge in [0, 0.05) is 39.6 Å². The highest BCUT2D eigenvalue weighted by Gasteiger charge is 2.35. The smallest absolute Gasteiger partial charge is 0.248 e. The first-order chi connectivity index (χ1) is 15.7. The summed E-state index contributed by atoms with van der Waals surface area (Å²) in [6.45, 7) is 6.63. The molecule has 2 aliphatic heterocycles. The van der Waals surface area contributed by atoms with E-state index in [9.17, 15) is 18.0 Å². The Labute approximate surface area is 194 Å². The first-order valence-corrected chi connectivity index (χ1v) is 12.7. The molecule has 1 atom stereocenters. The zero-order valence-electron chi connectivity index (χ0n) is 19.3. The molecular formula is C23H30N4O5S. The van der Waals surface area contributed by atoms with Crippen LogP contribution in [0.2, 0.25) is 0 Å². The fourth-order valence-electron chi connectivity index (χ4n) is 4.90. The first kappa shape index (κ1) is 23.4. The van der Waals surface area contributed by atoms with Crippen molar-refractivity contribution < 1.29 is 22.5 Å². The van der Waals surface area contributed by atoms with Gasteiger partial charge in [0.25, 0.3) is 0 Å². The van der Waals surface area contributed by atoms with Gasteiger partial charge < -0.3 is 14.3 Å². The molecule has 178 valence electrons. The van der Waals surface area contributed by atoms with E-state index < -0.39 is 10.0 Å². The number of amides is 2. The van der Waals surface area contributed by atoms with Gasteiger partial charge in [-0.3, -0.25) is 9.59 Å². The number of carbonyl (C=O) groups is 2. The molecule has 33 heavy (non-hydrogen) atoms. The highest BCUT2D eigenvalue weighted by molar-refractivity contribution is 7.89. The van der Waals surface area contributed by atoms with Crippen LogP contribution in [0.1, 0.15) is 48.4 Å². The van der Waals surface area contributed by atoms with Gasteiger partial charge in [-0.1, -0.05) is 29.4 Å². The van der Waals surface area contributed by atoms with Gasteiger partial charge in [0.15, 0.2) is 5.76 Å². The molecule has 0 radical (unpaired) electrons. The summed E-state index contributed by atoms with van der Waals surface area (Å²) in [4.78, 5) is 29.2. The number of rotatable bonds is 4. The summed E-state index contributed by atoms with van der Waals surface area (Å²) < 4.78 is 32.8. The summed E-state index contributed by atoms with van der Waals surface area (Å²) in [5.74, 6) is 0.152. The van der Waals surface area contributed by atoms with Crippen LogP contribution in [0.15, 0.2) is 33.7 Å². The maximum atomic E-state index is 13.3. The van der Waals surface area contributed by atoms with Gasteiger partial charge in [-0.15, -0.1) is 0 Å². The number of fused-ring (bicyclic) bond motifs is 1. The second kappa shape index (κ2) is 9.26. The second-order valence-corrected chi connectivity index (χ2v) is 10.5. The fraction of sp³-hybridized carbons (Fsp3) is 0.522. The molecule has 0 spiro atoms. The molecule has 0 aliphatic carbocycles. The summed E-state index contributed by atoms with van der Waals surface area (Å²) >= 11 is 0. The normalized spacial score (nSPS) is 19.8. The molecule has 0 saturated carbocycles. The van der Waals surface area contributed by atoms with Crippen molar-refractivity contribution in [2.24, 2.45) is 0 Å². The summed E-state index contributed by atoms with van der Waals surface area (Å²) in [5, 5.41) is 3.77. The average molecular weight is 475 g/mol. The maximum Gasteiger partial charge on any atom is 0.248 e. The number of hydrogen-bond acceptors (Lipinski definition) is 6. The van der Waals surface area contributed by atoms with Crippen LogP contribution in [-0.2, 0) is 26.0 Å². The van der Waals surface area contributed by atoms with Crippen LogP contribution in [0.25, 0.3) is 0 Å². The van der Waals surface area contributed by atoms with Gasteiger partial charge in [0.2, 0.25) is 21.8 Å². The van der Waals surface area contributed by atoms with Crippen molar-refractivity contribution in [1.29, 1.82) is 0 Å². The van der Waals surface area contributed by atoms with Crippen molar-refractivity contribution in [3.05, 3.63) is 46.8 Å². The lowest BCUT2D eigenvalue weighted by Gasteiger charge is -2.37. The summed E-state index contributed by atoms with van der Waals surface area (Å²) in [6.07, 6.45) is 1.50. The van der Waals surface area contributed by atoms with E-state index >= 15 is 0 Å². The molecule has 1 aromatic heterocycles. The van der Waals surface area contributed by atoms with E-state index in [1.807, 2.05) is 24.3 Å². The SMILES string of the molecule is CC(=O)N1CCc2ccccc2C1CC(=O)N1CCCN(S(=O)(=O)c2c(C)noc2C)CC1. The third-order valence-corrected chi connectivity index (χ3v) is 8.70. The van der Waals surface area contributed by atoms with Gasteiger partial charge in [-0.25, -0.2) is 8.42 Å². The van der Waals surface area contributed by atoms with Gasteiger partial charge in [0.05, 0.1) is 12.5 Å². The van der Waals surface area contributed by atoms with Crippen molar-refractivity contribution >= 4 is 21.8 Å². The molecule has 2 aromatic rings. The molecule has 0 N–H and O–H groups in total. The van der Waals surface area contributed by atoms with Gasteiger partial charge in [0.1, 0.15) is 10.6 Å². The Morgan fingerprint density at radius 1 is 1.09 bits per heavy atom. The quantitative estimate of drug-likeness (QED) is 0.672. The molecule has 1 aromatic carbocycles. The molecule has 1 fully saturated rings. The number of aromatic nitrogens is 1. The van der Waals surface area contributed by atoms with E-state index in [0.29, 0.717) is 38.3 Å². The molecule has 4 rings (SSSR count). The number of sulfonamides is 1. The van der Waals surface area contributed by atoms with Gasteiger partial charge >= 0.3 is 0 Å². The summed E-state index contributed by atoms with van der Waals surface area (Å²) in [5.41, 5.74) is 2.52. The van der Waals surface area contributed by atoms with Crippen LogP contribution in [0.3, 0.4) is 0 Å². The number of nitrogens with zero attached hydrogens (tertiary/aromatic N) is 4. The number of aryl methyl sites for hydroxylation is 2. The van der Waals surface area contributed by atoms with Gasteiger partial charge in [-0.2, -0.15) is 4.31 Å². The lowest BCUT2D eigenvalue weighted by atomic mass is 9.90. The Hall–Kier alpha value is -2.72. The standard InChI is InChI=1S/C23H30N4O5S/c1-16-23(17(2)32-24-16)33(30,31)26-11-6-10-25(13-14-26)22(29)15-21-20-8-5-4-7-19(20)9-12-27(21)18(3)28/h4-5,7-8,21H,6,9-15H2,1-3H3. The van der Waals surface area contributed by atoms with Crippen molar-refractivity contribution in [1.82, 2.24) is 19.3 Å². The molecule has 1 saturated heterocycles. The Morgan fingerprint density at radius 2 is 1.85 bits per heavy atom. The minimum absolute atomic E-state index is 0.0464. The minimum Gasteiger partial charge on any atom is -0.360 e. The van der Waals surface area contributed by atoms with Crippen LogP contribution < -0.4 is 0 Å². The third kappa shape index (κ3) is 4.54. The molecule has 1 unspecified atom stereocenters. The minimum atomic E-state index is -3.75. The Balaban J connectivity index is 1.48. The van der Waals surface area contributed by atoms with E-state index in [2.05, 4.69) is 5.16 Å². The Morgan fingerprint density at radius 3 is 2.55 bits per heavy atom. The van der Waals surface area contributed by atoms with Crippen molar-refractivity contribution in [3.63, 3.8) is 0 Å². The average Bonchev–Trinajstić information content (AvgIpc) is 2.98. The van der Waals surface area contributed by atoms with E-state index in [-0.39, 0.29) is 41.5 Å². The van der Waals surface area contributed by atoms with Crippen molar-refractivity contribution in [2.75, 3.05) is 32.7 Å². The Bertz CT molecular complexity index is 1140. The van der Waals surface area contributed by atoms with E-state index in [4.69, 9.17) is 4.52 Å². The van der Waals surface area contributed by atoms with E-state index in [1.165, 1.54) is 16.8 Å². The van der Waals surface area contributed by atoms with Crippen molar-refractivity contribution in [2.45, 2.75) is 51.0 Å². The Kier molecular flexibility index (Phi) is 6.58. The van der Waals surface area contributed by atoms with Crippen molar-refractivity contribution in [3.8, 4) is 0 Å². The fourth-order valence-corrected chi connectivity index (χ4v) is 6.66. The number of carbonyl (C=O) groups excluding carboxylic acids is 2. The van der Waals surface area contributed by atoms with Crippen LogP contribution in [0.5, 0.6) is 0 Å². The first-order valence-electron chi connectivity index (χ1n) is 11.3. The van der Waals surface area contributed by atoms with Crippen LogP contribution >= 0.6 is 0 Å². The maximum absolute atomic E-state index is 13.3. The molecule has 9 nitrogen and oxygen atoms in total. The largest absolute Gasteiger partial charge is 0.360 e. The van der Waals surface area contributed by atoms with E-state index in [1.54, 1.807) is 23.6 Å².